The molecule has 110 valence electrons. The van der Waals surface area contributed by atoms with Crippen LogP contribution in [0.4, 0.5) is 4.39 Å². The molecule has 0 radical (unpaired) electrons. The van der Waals surface area contributed by atoms with Gasteiger partial charge < -0.3 is 10.4 Å². The summed E-state index contributed by atoms with van der Waals surface area (Å²) < 4.78 is 14.0. The molecule has 0 aliphatic heterocycles. The molecule has 0 unspecified atom stereocenters. The number of halogens is 2. The number of carbonyl (C=O) groups excluding carboxylic acids is 1. The first-order valence-electron chi connectivity index (χ1n) is 6.00. The van der Waals surface area contributed by atoms with Crippen molar-refractivity contribution in [3.05, 3.63) is 34.1 Å². The van der Waals surface area contributed by atoms with Crippen molar-refractivity contribution in [2.75, 3.05) is 0 Å². The third kappa shape index (κ3) is 3.00. The van der Waals surface area contributed by atoms with E-state index in [1.54, 1.807) is 13.8 Å². The molecule has 0 aliphatic carbocycles. The Labute approximate surface area is 125 Å². The highest BCUT2D eigenvalue weighted by Crippen LogP contribution is 2.31. The highest BCUT2D eigenvalue weighted by Gasteiger charge is 2.44. The summed E-state index contributed by atoms with van der Waals surface area (Å²) in [4.78, 5) is 23.4. The molecule has 0 atom stereocenters. The van der Waals surface area contributed by atoms with Crippen LogP contribution in [-0.2, 0) is 4.79 Å². The largest absolute Gasteiger partial charge is 0.481 e. The molecule has 20 heavy (non-hydrogen) atoms. The van der Waals surface area contributed by atoms with Crippen LogP contribution in [0.1, 0.15) is 38.1 Å². The lowest BCUT2D eigenvalue weighted by Gasteiger charge is -2.38. The van der Waals surface area contributed by atoms with Gasteiger partial charge in [-0.25, -0.2) is 4.39 Å². The van der Waals surface area contributed by atoms with E-state index in [-0.39, 0.29) is 10.0 Å². The van der Waals surface area contributed by atoms with Gasteiger partial charge in [0.25, 0.3) is 5.91 Å². The second kappa shape index (κ2) is 5.52. The maximum atomic E-state index is 13.9. The molecular weight excluding hydrogens is 329 g/mol. The smallest absolute Gasteiger partial charge is 0.311 e. The molecule has 0 fully saturated rings. The van der Waals surface area contributed by atoms with Crippen molar-refractivity contribution >= 4 is 27.8 Å². The quantitative estimate of drug-likeness (QED) is 0.880. The molecule has 0 aromatic heterocycles. The summed E-state index contributed by atoms with van der Waals surface area (Å²) >= 11 is 3.01. The molecule has 1 rings (SSSR count). The Kier molecular flexibility index (Phi) is 4.59. The minimum atomic E-state index is -1.20. The molecule has 0 saturated heterocycles. The van der Waals surface area contributed by atoms with Gasteiger partial charge in [-0.15, -0.1) is 0 Å². The first kappa shape index (κ1) is 16.6. The molecule has 0 aliphatic rings. The molecule has 6 heteroatoms. The summed E-state index contributed by atoms with van der Waals surface area (Å²) in [5.41, 5.74) is -2.39. The van der Waals surface area contributed by atoms with Crippen molar-refractivity contribution in [2.45, 2.75) is 33.2 Å². The van der Waals surface area contributed by atoms with Gasteiger partial charge in [-0.05, 0) is 55.8 Å². The van der Waals surface area contributed by atoms with Gasteiger partial charge in [-0.3, -0.25) is 9.59 Å². The van der Waals surface area contributed by atoms with Crippen LogP contribution in [0.15, 0.2) is 22.7 Å². The second-order valence-electron chi connectivity index (χ2n) is 5.61. The highest BCUT2D eigenvalue weighted by molar-refractivity contribution is 9.10. The number of carboxylic acid groups (broad SMARTS) is 1. The zero-order chi connectivity index (χ0) is 15.7. The summed E-state index contributed by atoms with van der Waals surface area (Å²) in [6.45, 7) is 6.20. The lowest BCUT2D eigenvalue weighted by molar-refractivity contribution is -0.150. The summed E-state index contributed by atoms with van der Waals surface area (Å²) in [5.74, 6) is -2.37. The van der Waals surface area contributed by atoms with Crippen LogP contribution in [-0.4, -0.2) is 22.5 Å². The van der Waals surface area contributed by atoms with Crippen molar-refractivity contribution in [2.24, 2.45) is 5.41 Å². The number of rotatable bonds is 4. The minimum Gasteiger partial charge on any atom is -0.481 e. The lowest BCUT2D eigenvalue weighted by atomic mass is 9.74. The van der Waals surface area contributed by atoms with Crippen molar-refractivity contribution in [3.63, 3.8) is 0 Å². The minimum absolute atomic E-state index is 0.131. The summed E-state index contributed by atoms with van der Waals surface area (Å²) in [7, 11) is 0. The van der Waals surface area contributed by atoms with Crippen LogP contribution in [0.3, 0.4) is 0 Å². The highest BCUT2D eigenvalue weighted by atomic mass is 79.9. The van der Waals surface area contributed by atoms with Crippen LogP contribution in [0.5, 0.6) is 0 Å². The molecule has 4 nitrogen and oxygen atoms in total. The van der Waals surface area contributed by atoms with Gasteiger partial charge in [0.05, 0.1) is 21.0 Å². The number of hydrogen-bond acceptors (Lipinski definition) is 2. The molecule has 1 aromatic rings. The fourth-order valence-electron chi connectivity index (χ4n) is 1.45. The van der Waals surface area contributed by atoms with Crippen molar-refractivity contribution < 1.29 is 19.1 Å². The summed E-state index contributed by atoms with van der Waals surface area (Å²) in [5, 5.41) is 11.8. The van der Waals surface area contributed by atoms with E-state index in [9.17, 15) is 19.1 Å². The number of aliphatic carboxylic acids is 1. The van der Waals surface area contributed by atoms with Crippen molar-refractivity contribution in [1.82, 2.24) is 5.32 Å². The monoisotopic (exact) mass is 345 g/mol. The maximum Gasteiger partial charge on any atom is 0.311 e. The molecule has 1 amide bonds. The summed E-state index contributed by atoms with van der Waals surface area (Å²) in [6.07, 6.45) is 0. The Balaban J connectivity index is 3.07. The number of carboxylic acids is 1. The predicted octanol–water partition coefficient (Wildman–Crippen LogP) is 3.21. The topological polar surface area (TPSA) is 66.4 Å². The normalized spacial score (nSPS) is 12.1. The average molecular weight is 346 g/mol. The number of carbonyl (C=O) groups is 2. The third-order valence-electron chi connectivity index (χ3n) is 3.72. The first-order chi connectivity index (χ1) is 9.00. The van der Waals surface area contributed by atoms with Crippen LogP contribution in [0, 0.1) is 11.2 Å². The van der Waals surface area contributed by atoms with E-state index in [1.165, 1.54) is 32.0 Å². The fraction of sp³-hybridized carbons (Fsp3) is 0.429. The maximum absolute atomic E-state index is 13.9. The van der Waals surface area contributed by atoms with Gasteiger partial charge in [0.1, 0.15) is 5.82 Å². The fourth-order valence-corrected chi connectivity index (χ4v) is 1.82. The molecule has 0 spiro atoms. The molecular formula is C14H17BrFNO3. The van der Waals surface area contributed by atoms with Gasteiger partial charge >= 0.3 is 5.97 Å². The van der Waals surface area contributed by atoms with Crippen molar-refractivity contribution in [1.29, 1.82) is 0 Å². The lowest BCUT2D eigenvalue weighted by Crippen LogP contribution is -2.57. The van der Waals surface area contributed by atoms with E-state index < -0.39 is 28.6 Å². The Morgan fingerprint density at radius 3 is 2.30 bits per heavy atom. The number of nitrogens with one attached hydrogen (secondary N) is 1. The Hall–Kier alpha value is -1.43. The Morgan fingerprint density at radius 1 is 1.25 bits per heavy atom. The van der Waals surface area contributed by atoms with E-state index in [1.807, 2.05) is 0 Å². The average Bonchev–Trinajstić information content (AvgIpc) is 2.31. The van der Waals surface area contributed by atoms with Gasteiger partial charge in [0.2, 0.25) is 0 Å². The van der Waals surface area contributed by atoms with Gasteiger partial charge in [-0.1, -0.05) is 6.07 Å². The molecule has 2 N–H and O–H groups in total. The van der Waals surface area contributed by atoms with Crippen LogP contribution >= 0.6 is 15.9 Å². The summed E-state index contributed by atoms with van der Waals surface area (Å²) in [6, 6.07) is 4.37. The van der Waals surface area contributed by atoms with E-state index in [4.69, 9.17) is 0 Å². The second-order valence-corrected chi connectivity index (χ2v) is 6.46. The molecule has 0 saturated carbocycles. The molecule has 0 bridgehead atoms. The number of amides is 1. The standard InChI is InChI=1S/C14H17BrFNO3/c1-13(2,12(19)20)14(3,4)17-11(18)8-6-5-7-9(15)10(8)16/h5-7H,1-4H3,(H,17,18)(H,19,20). The van der Waals surface area contributed by atoms with Gasteiger partial charge in [0.15, 0.2) is 0 Å². The van der Waals surface area contributed by atoms with E-state index >= 15 is 0 Å². The number of benzene rings is 1. The predicted molar refractivity (Wildman–Crippen MR) is 77.1 cm³/mol. The van der Waals surface area contributed by atoms with Gasteiger partial charge in [-0.2, -0.15) is 0 Å². The Bertz CT molecular complexity index is 555. The number of hydrogen-bond donors (Lipinski definition) is 2. The van der Waals surface area contributed by atoms with Gasteiger partial charge in [0, 0.05) is 0 Å². The third-order valence-corrected chi connectivity index (χ3v) is 4.33. The van der Waals surface area contributed by atoms with E-state index in [0.717, 1.165) is 0 Å². The van der Waals surface area contributed by atoms with Crippen LogP contribution in [0.25, 0.3) is 0 Å². The van der Waals surface area contributed by atoms with Crippen molar-refractivity contribution in [3.8, 4) is 0 Å². The van der Waals surface area contributed by atoms with E-state index in [0.29, 0.717) is 0 Å². The first-order valence-corrected chi connectivity index (χ1v) is 6.80. The zero-order valence-electron chi connectivity index (χ0n) is 11.8. The zero-order valence-corrected chi connectivity index (χ0v) is 13.3. The van der Waals surface area contributed by atoms with E-state index in [2.05, 4.69) is 21.2 Å². The van der Waals surface area contributed by atoms with Crippen LogP contribution < -0.4 is 5.32 Å². The Morgan fingerprint density at radius 2 is 1.80 bits per heavy atom. The molecule has 0 heterocycles. The molecule has 1 aromatic carbocycles. The SMILES string of the molecule is CC(C)(NC(=O)c1cccc(Br)c1F)C(C)(C)C(=O)O. The van der Waals surface area contributed by atoms with Crippen LogP contribution in [0.2, 0.25) is 0 Å².